The van der Waals surface area contributed by atoms with Crippen LogP contribution < -0.4 is 8.81 Å². The van der Waals surface area contributed by atoms with Crippen LogP contribution in [0.15, 0.2) is 71.7 Å². The molecule has 0 radical (unpaired) electrons. The van der Waals surface area contributed by atoms with Crippen LogP contribution in [0.4, 0.5) is 0 Å². The van der Waals surface area contributed by atoms with E-state index in [4.69, 9.17) is 4.98 Å². The molecule has 142 valence electrons. The minimum absolute atomic E-state index is 0.0222. The van der Waals surface area contributed by atoms with Gasteiger partial charge in [0.1, 0.15) is 0 Å². The van der Waals surface area contributed by atoms with Crippen LogP contribution in [-0.2, 0) is 30.7 Å². The predicted molar refractivity (Wildman–Crippen MR) is 112 cm³/mol. The van der Waals surface area contributed by atoms with Gasteiger partial charge in [-0.15, -0.1) is 0 Å². The maximum atomic E-state index is 13.2. The van der Waals surface area contributed by atoms with Crippen LogP contribution >= 0.6 is 0 Å². The van der Waals surface area contributed by atoms with Gasteiger partial charge in [-0.25, -0.2) is 0 Å². The summed E-state index contributed by atoms with van der Waals surface area (Å²) >= 11 is -1.29. The first-order valence-electron chi connectivity index (χ1n) is 10.5. The van der Waals surface area contributed by atoms with Crippen LogP contribution in [-0.4, -0.2) is 14.5 Å². The number of H-pyrrole nitrogens is 1. The molecule has 0 aromatic heterocycles. The molecule has 2 aromatic rings. The van der Waals surface area contributed by atoms with Gasteiger partial charge >= 0.3 is 183 Å². The van der Waals surface area contributed by atoms with Crippen molar-refractivity contribution >= 4 is 3.25 Å². The summed E-state index contributed by atoms with van der Waals surface area (Å²) in [6, 6.07) is 20.4. The van der Waals surface area contributed by atoms with E-state index in [0.717, 1.165) is 26.1 Å². The van der Waals surface area contributed by atoms with Gasteiger partial charge in [0.2, 0.25) is 0 Å². The number of fused-ring (bicyclic) bond motifs is 1. The van der Waals surface area contributed by atoms with Crippen LogP contribution in [0, 0.1) is 0 Å². The molecule has 0 amide bonds. The fourth-order valence-corrected chi connectivity index (χ4v) is 11.0. The molecule has 0 bridgehead atoms. The summed E-state index contributed by atoms with van der Waals surface area (Å²) in [6.45, 7) is 0. The third kappa shape index (κ3) is 3.95. The van der Waals surface area contributed by atoms with Gasteiger partial charge in [0.15, 0.2) is 0 Å². The third-order valence-electron chi connectivity index (χ3n) is 6.02. The number of aromatic amines is 1. The molecule has 0 unspecified atom stereocenters. The average Bonchev–Trinajstić information content (AvgIpc) is 3.38. The number of nitrogens with one attached hydrogen (secondary N) is 1. The van der Waals surface area contributed by atoms with Crippen LogP contribution in [0.3, 0.4) is 0 Å². The van der Waals surface area contributed by atoms with Crippen LogP contribution in [0.2, 0.25) is 3.48 Å². The summed E-state index contributed by atoms with van der Waals surface area (Å²) in [4.78, 5) is 21.8. The summed E-state index contributed by atoms with van der Waals surface area (Å²) in [5, 5.41) is 0. The average molecular weight is 482 g/mol. The Morgan fingerprint density at radius 1 is 1.00 bits per heavy atom. The van der Waals surface area contributed by atoms with E-state index in [2.05, 4.69) is 29.2 Å². The van der Waals surface area contributed by atoms with E-state index in [-0.39, 0.29) is 5.56 Å². The molecule has 5 rings (SSSR count). The maximum absolute atomic E-state index is 13.2. The van der Waals surface area contributed by atoms with Gasteiger partial charge in [0.05, 0.1) is 0 Å². The van der Waals surface area contributed by atoms with E-state index in [1.807, 2.05) is 42.6 Å². The molecule has 29 heavy (non-hydrogen) atoms. The Labute approximate surface area is 182 Å². The molecule has 1 N–H and O–H groups in total. The number of imidazole rings is 1. The van der Waals surface area contributed by atoms with Gasteiger partial charge in [-0.3, -0.25) is 0 Å². The molecule has 1 fully saturated rings. The monoisotopic (exact) mass is 483 g/mol. The van der Waals surface area contributed by atoms with Crippen molar-refractivity contribution in [3.05, 3.63) is 88.5 Å². The van der Waals surface area contributed by atoms with Gasteiger partial charge in [0.25, 0.3) is 0 Å². The molecular weight excluding hydrogens is 459 g/mol. The number of rotatable bonds is 5. The predicted octanol–water partition coefficient (Wildman–Crippen LogP) is 4.33. The second kappa shape index (κ2) is 8.26. The Morgan fingerprint density at radius 2 is 1.69 bits per heavy atom. The standard InChI is InChI=1S/C19H14N3O.C5H9.Cd/c23-19-16(11-14-7-3-1-4-8-14)21-18-12-20-17(13-22(18)19)15-9-5-2-6-10-15;1-2-4-5-3-1;/h1-10,13,20H,11H2;1H,2-5H2;. The molecule has 5 heteroatoms. The topological polar surface area (TPSA) is 50.7 Å². The molecule has 2 aromatic carbocycles. The van der Waals surface area contributed by atoms with Crippen molar-refractivity contribution in [1.29, 1.82) is 0 Å². The molecule has 0 atom stereocenters. The number of hydrogen-bond acceptors (Lipinski definition) is 2. The minimum atomic E-state index is -1.29. The van der Waals surface area contributed by atoms with Gasteiger partial charge in [-0.1, -0.05) is 0 Å². The number of aromatic nitrogens is 3. The molecular formula is C24H23CdN3O. The Hall–Kier alpha value is -2.22. The van der Waals surface area contributed by atoms with Crippen LogP contribution in [0.1, 0.15) is 36.9 Å². The Bertz CT molecular complexity index is 1130. The van der Waals surface area contributed by atoms with Crippen molar-refractivity contribution in [2.75, 3.05) is 0 Å². The van der Waals surface area contributed by atoms with Gasteiger partial charge in [-0.2, -0.15) is 0 Å². The molecule has 4 nitrogen and oxygen atoms in total. The Balaban J connectivity index is 1.61. The summed E-state index contributed by atoms with van der Waals surface area (Å²) in [7, 11) is 0. The number of nitrogens with zero attached hydrogens (tertiary/aromatic N) is 2. The second-order valence-corrected chi connectivity index (χ2v) is 14.6. The van der Waals surface area contributed by atoms with E-state index < -0.39 is 24.2 Å². The first-order valence-corrected chi connectivity index (χ1v) is 14.9. The van der Waals surface area contributed by atoms with Crippen molar-refractivity contribution in [3.63, 3.8) is 0 Å². The SMILES string of the molecule is O=c1c(Cc2ccccc2)nc2[c]([Cd][CH]3CCCC3)[nH]c(-c3ccccc3)cn1-2. The third-order valence-corrected chi connectivity index (χ3v) is 12.6. The molecule has 2 aliphatic heterocycles. The summed E-state index contributed by atoms with van der Waals surface area (Å²) < 4.78 is 3.97. The zero-order valence-corrected chi connectivity index (χ0v) is 20.5. The molecule has 0 saturated heterocycles. The van der Waals surface area contributed by atoms with Gasteiger partial charge < -0.3 is 0 Å². The van der Waals surface area contributed by atoms with E-state index in [1.165, 1.54) is 28.9 Å². The summed E-state index contributed by atoms with van der Waals surface area (Å²) in [5.74, 6) is 0.878. The first-order chi connectivity index (χ1) is 14.3. The number of hydrogen-bond donors (Lipinski definition) is 1. The molecule has 0 spiro atoms. The zero-order valence-electron chi connectivity index (χ0n) is 16.5. The molecule has 1 aliphatic carbocycles. The van der Waals surface area contributed by atoms with Crippen molar-refractivity contribution in [2.24, 2.45) is 0 Å². The quantitative estimate of drug-likeness (QED) is 0.431. The second-order valence-electron chi connectivity index (χ2n) is 8.09. The van der Waals surface area contributed by atoms with Crippen molar-refractivity contribution in [3.8, 4) is 17.1 Å². The summed E-state index contributed by atoms with van der Waals surface area (Å²) in [6.07, 6.45) is 7.95. The Kier molecular flexibility index (Phi) is 5.35. The van der Waals surface area contributed by atoms with Gasteiger partial charge in [0, 0.05) is 0 Å². The summed E-state index contributed by atoms with van der Waals surface area (Å²) in [5.41, 5.74) is 3.93. The fraction of sp³-hybridized carbons (Fsp3) is 0.250. The van der Waals surface area contributed by atoms with E-state index in [0.29, 0.717) is 12.1 Å². The molecule has 1 saturated carbocycles. The van der Waals surface area contributed by atoms with E-state index in [9.17, 15) is 4.79 Å². The first kappa shape index (κ1) is 18.8. The fourth-order valence-electron chi connectivity index (χ4n) is 4.49. The Morgan fingerprint density at radius 3 is 2.41 bits per heavy atom. The zero-order chi connectivity index (χ0) is 19.6. The van der Waals surface area contributed by atoms with Gasteiger partial charge in [-0.05, 0) is 0 Å². The van der Waals surface area contributed by atoms with Crippen molar-refractivity contribution in [2.45, 2.75) is 35.6 Å². The molecule has 2 heterocycles. The van der Waals surface area contributed by atoms with Crippen LogP contribution in [0.25, 0.3) is 17.1 Å². The van der Waals surface area contributed by atoms with Crippen molar-refractivity contribution in [1.82, 2.24) is 14.5 Å². The van der Waals surface area contributed by atoms with Crippen LogP contribution in [0.5, 0.6) is 0 Å². The normalized spacial score (nSPS) is 14.3. The van der Waals surface area contributed by atoms with E-state index >= 15 is 0 Å². The molecule has 3 aliphatic rings. The number of benzene rings is 2. The van der Waals surface area contributed by atoms with E-state index in [1.54, 1.807) is 4.57 Å². The van der Waals surface area contributed by atoms with Crippen molar-refractivity contribution < 1.29 is 24.2 Å².